The van der Waals surface area contributed by atoms with E-state index in [1.807, 2.05) is 12.4 Å². The molecule has 2 heteroatoms. The maximum Gasteiger partial charge on any atom is 0.0358 e. The van der Waals surface area contributed by atoms with Gasteiger partial charge in [-0.15, -0.1) is 0 Å². The Hall–Kier alpha value is -1.41. The first kappa shape index (κ1) is 11.4. The molecule has 98 valence electrons. The Morgan fingerprint density at radius 1 is 1.21 bits per heavy atom. The Morgan fingerprint density at radius 2 is 2.05 bits per heavy atom. The zero-order valence-electron chi connectivity index (χ0n) is 11.3. The third-order valence-electron chi connectivity index (χ3n) is 5.22. The normalized spacial score (nSPS) is 30.3. The van der Waals surface area contributed by atoms with Gasteiger partial charge in [0, 0.05) is 23.8 Å². The molecule has 1 heterocycles. The minimum absolute atomic E-state index is 0.503. The third kappa shape index (κ3) is 1.70. The van der Waals surface area contributed by atoms with E-state index in [1.54, 1.807) is 0 Å². The van der Waals surface area contributed by atoms with Crippen molar-refractivity contribution in [2.24, 2.45) is 17.8 Å². The molecule has 0 amide bonds. The third-order valence-corrected chi connectivity index (χ3v) is 5.22. The first-order valence-corrected chi connectivity index (χ1v) is 7.40. The molecule has 3 atom stereocenters. The average Bonchev–Trinajstić information content (AvgIpc) is 2.93. The van der Waals surface area contributed by atoms with Crippen molar-refractivity contribution in [2.75, 3.05) is 7.05 Å². The molecular formula is C17H20N2. The average molecular weight is 252 g/mol. The van der Waals surface area contributed by atoms with Gasteiger partial charge >= 0.3 is 0 Å². The minimum Gasteiger partial charge on any atom is -0.313 e. The summed E-state index contributed by atoms with van der Waals surface area (Å²) >= 11 is 0. The van der Waals surface area contributed by atoms with Crippen LogP contribution in [0.5, 0.6) is 0 Å². The zero-order chi connectivity index (χ0) is 12.8. The first-order valence-electron chi connectivity index (χ1n) is 7.40. The van der Waals surface area contributed by atoms with Gasteiger partial charge in [-0.25, -0.2) is 0 Å². The van der Waals surface area contributed by atoms with Crippen LogP contribution in [0.25, 0.3) is 10.8 Å². The highest BCUT2D eigenvalue weighted by molar-refractivity contribution is 5.85. The molecule has 2 aliphatic carbocycles. The summed E-state index contributed by atoms with van der Waals surface area (Å²) in [4.78, 5) is 4.31. The fraction of sp³-hybridized carbons (Fsp3) is 0.471. The second-order valence-corrected chi connectivity index (χ2v) is 6.05. The largest absolute Gasteiger partial charge is 0.313 e. The number of fused-ring (bicyclic) bond motifs is 2. The van der Waals surface area contributed by atoms with Crippen molar-refractivity contribution in [3.63, 3.8) is 0 Å². The standard InChI is InChI=1S/C17H20N2/c1-18-17(16-12-5-3-6-13(12)16)14-7-2-4-11-8-9-19-10-15(11)14/h2,4,7-10,12-13,16-18H,3,5-6H2,1H3. The second kappa shape index (κ2) is 4.31. The summed E-state index contributed by atoms with van der Waals surface area (Å²) in [6.45, 7) is 0. The van der Waals surface area contributed by atoms with E-state index in [-0.39, 0.29) is 0 Å². The van der Waals surface area contributed by atoms with Crippen molar-refractivity contribution in [3.05, 3.63) is 42.2 Å². The molecule has 1 aromatic heterocycles. The molecule has 0 spiro atoms. The van der Waals surface area contributed by atoms with Crippen LogP contribution >= 0.6 is 0 Å². The van der Waals surface area contributed by atoms with Crippen LogP contribution in [0.4, 0.5) is 0 Å². The minimum atomic E-state index is 0.503. The van der Waals surface area contributed by atoms with Gasteiger partial charge in [-0.1, -0.05) is 24.6 Å². The molecular weight excluding hydrogens is 232 g/mol. The Bertz CT molecular complexity index is 592. The lowest BCUT2D eigenvalue weighted by molar-refractivity contribution is 0.447. The second-order valence-electron chi connectivity index (χ2n) is 6.05. The molecule has 1 aromatic carbocycles. The van der Waals surface area contributed by atoms with Crippen molar-refractivity contribution in [2.45, 2.75) is 25.3 Å². The van der Waals surface area contributed by atoms with E-state index in [2.05, 4.69) is 41.6 Å². The summed E-state index contributed by atoms with van der Waals surface area (Å²) in [6.07, 6.45) is 8.23. The predicted octanol–water partition coefficient (Wildman–Crippen LogP) is 3.54. The van der Waals surface area contributed by atoms with E-state index in [1.165, 1.54) is 35.6 Å². The fourth-order valence-corrected chi connectivity index (χ4v) is 4.33. The Balaban J connectivity index is 1.76. The lowest BCUT2D eigenvalue weighted by Gasteiger charge is -2.20. The number of hydrogen-bond acceptors (Lipinski definition) is 2. The summed E-state index contributed by atoms with van der Waals surface area (Å²) < 4.78 is 0. The number of nitrogens with one attached hydrogen (secondary N) is 1. The number of aromatic nitrogens is 1. The SMILES string of the molecule is CNC(c1cccc2ccncc12)C1C2CCCC21. The van der Waals surface area contributed by atoms with Gasteiger partial charge in [0.05, 0.1) is 0 Å². The molecule has 2 aliphatic rings. The summed E-state index contributed by atoms with van der Waals surface area (Å²) in [7, 11) is 2.11. The molecule has 0 aliphatic heterocycles. The van der Waals surface area contributed by atoms with E-state index in [0.717, 1.165) is 17.8 Å². The van der Waals surface area contributed by atoms with Gasteiger partial charge in [0.15, 0.2) is 0 Å². The van der Waals surface area contributed by atoms with E-state index >= 15 is 0 Å². The van der Waals surface area contributed by atoms with Gasteiger partial charge in [0.25, 0.3) is 0 Å². The van der Waals surface area contributed by atoms with Crippen molar-refractivity contribution >= 4 is 10.8 Å². The van der Waals surface area contributed by atoms with Crippen molar-refractivity contribution in [1.82, 2.24) is 10.3 Å². The van der Waals surface area contributed by atoms with Crippen LogP contribution < -0.4 is 5.32 Å². The molecule has 0 bridgehead atoms. The monoisotopic (exact) mass is 252 g/mol. The van der Waals surface area contributed by atoms with Crippen LogP contribution in [0, 0.1) is 17.8 Å². The number of nitrogens with zero attached hydrogens (tertiary/aromatic N) is 1. The van der Waals surface area contributed by atoms with E-state index in [0.29, 0.717) is 6.04 Å². The van der Waals surface area contributed by atoms with E-state index < -0.39 is 0 Å². The number of rotatable bonds is 3. The maximum atomic E-state index is 4.31. The highest BCUT2D eigenvalue weighted by Crippen LogP contribution is 2.62. The molecule has 4 rings (SSSR count). The lowest BCUT2D eigenvalue weighted by atomic mass is 9.93. The molecule has 3 unspecified atom stereocenters. The predicted molar refractivity (Wildman–Crippen MR) is 77.9 cm³/mol. The molecule has 1 N–H and O–H groups in total. The lowest BCUT2D eigenvalue weighted by Crippen LogP contribution is -2.20. The molecule has 2 nitrogen and oxygen atoms in total. The number of hydrogen-bond donors (Lipinski definition) is 1. The van der Waals surface area contributed by atoms with Crippen LogP contribution in [-0.2, 0) is 0 Å². The van der Waals surface area contributed by atoms with Gasteiger partial charge in [0.1, 0.15) is 0 Å². The Labute approximate surface area is 114 Å². The highest BCUT2D eigenvalue weighted by Gasteiger charge is 2.55. The Morgan fingerprint density at radius 3 is 2.84 bits per heavy atom. The van der Waals surface area contributed by atoms with Gasteiger partial charge in [-0.3, -0.25) is 4.98 Å². The zero-order valence-corrected chi connectivity index (χ0v) is 11.3. The van der Waals surface area contributed by atoms with E-state index in [4.69, 9.17) is 0 Å². The van der Waals surface area contributed by atoms with Crippen molar-refractivity contribution in [3.8, 4) is 0 Å². The molecule has 2 fully saturated rings. The first-order chi connectivity index (χ1) is 9.40. The van der Waals surface area contributed by atoms with Crippen LogP contribution in [-0.4, -0.2) is 12.0 Å². The fourth-order valence-electron chi connectivity index (χ4n) is 4.33. The van der Waals surface area contributed by atoms with Crippen LogP contribution in [0.2, 0.25) is 0 Å². The van der Waals surface area contributed by atoms with Crippen LogP contribution in [0.3, 0.4) is 0 Å². The van der Waals surface area contributed by atoms with Gasteiger partial charge in [-0.05, 0) is 54.7 Å². The summed E-state index contributed by atoms with van der Waals surface area (Å²) in [5.74, 6) is 2.80. The molecule has 0 saturated heterocycles. The van der Waals surface area contributed by atoms with Crippen molar-refractivity contribution < 1.29 is 0 Å². The Kier molecular flexibility index (Phi) is 2.59. The van der Waals surface area contributed by atoms with Crippen LogP contribution in [0.1, 0.15) is 30.9 Å². The smallest absolute Gasteiger partial charge is 0.0358 e. The number of pyridine rings is 1. The quantitative estimate of drug-likeness (QED) is 0.903. The van der Waals surface area contributed by atoms with Gasteiger partial charge in [0.2, 0.25) is 0 Å². The summed E-state index contributed by atoms with van der Waals surface area (Å²) in [5, 5.41) is 6.19. The van der Waals surface area contributed by atoms with Gasteiger partial charge < -0.3 is 5.32 Å². The molecule has 2 aromatic rings. The van der Waals surface area contributed by atoms with Gasteiger partial charge in [-0.2, -0.15) is 0 Å². The number of benzene rings is 1. The van der Waals surface area contributed by atoms with E-state index in [9.17, 15) is 0 Å². The summed E-state index contributed by atoms with van der Waals surface area (Å²) in [6, 6.07) is 9.25. The van der Waals surface area contributed by atoms with Crippen LogP contribution in [0.15, 0.2) is 36.7 Å². The molecule has 0 radical (unpaired) electrons. The summed E-state index contributed by atoms with van der Waals surface area (Å²) in [5.41, 5.74) is 1.44. The highest BCUT2D eigenvalue weighted by atomic mass is 14.9. The van der Waals surface area contributed by atoms with Crippen molar-refractivity contribution in [1.29, 1.82) is 0 Å². The molecule has 19 heavy (non-hydrogen) atoms. The molecule has 2 saturated carbocycles. The topological polar surface area (TPSA) is 24.9 Å². The maximum absolute atomic E-state index is 4.31.